The number of unbranched alkanes of at least 4 members (excludes halogenated alkanes) is 1. The molecule has 0 bridgehead atoms. The number of anilines is 1. The zero-order valence-corrected chi connectivity index (χ0v) is 14.2. The first-order chi connectivity index (χ1) is 12.5. The number of carbonyl (C=O) groups is 1. The number of hydrogen-bond acceptors (Lipinski definition) is 6. The van der Waals surface area contributed by atoms with Gasteiger partial charge in [0.05, 0.1) is 5.39 Å². The van der Waals surface area contributed by atoms with Gasteiger partial charge in [0.1, 0.15) is 11.2 Å². The lowest BCUT2D eigenvalue weighted by Crippen LogP contribution is -2.33. The summed E-state index contributed by atoms with van der Waals surface area (Å²) in [6.45, 7) is 2.18. The van der Waals surface area contributed by atoms with Crippen LogP contribution in [0.25, 0.3) is 11.0 Å². The van der Waals surface area contributed by atoms with Crippen LogP contribution in [0, 0.1) is 5.82 Å². The largest absolute Gasteiger partial charge is 0.477 e. The maximum atomic E-state index is 14.5. The minimum absolute atomic E-state index is 0.0796. The van der Waals surface area contributed by atoms with Crippen LogP contribution in [0.4, 0.5) is 10.2 Å². The summed E-state index contributed by atoms with van der Waals surface area (Å²) in [5, 5.41) is 21.1. The molecule has 2 aromatic heterocycles. The van der Waals surface area contributed by atoms with Crippen molar-refractivity contribution in [2.45, 2.75) is 25.3 Å². The van der Waals surface area contributed by atoms with Crippen molar-refractivity contribution in [3.8, 4) is 0 Å². The average molecular weight is 364 g/mol. The van der Waals surface area contributed by atoms with Gasteiger partial charge in [-0.05, 0) is 31.9 Å². The highest BCUT2D eigenvalue weighted by Crippen LogP contribution is 2.24. The minimum atomic E-state index is -1.37. The second kappa shape index (κ2) is 7.79. The van der Waals surface area contributed by atoms with E-state index in [4.69, 9.17) is 10.2 Å². The van der Waals surface area contributed by atoms with Crippen LogP contribution >= 0.6 is 0 Å². The Morgan fingerprint density at radius 3 is 3.00 bits per heavy atom. The van der Waals surface area contributed by atoms with E-state index in [1.807, 2.05) is 4.90 Å². The number of H-pyrrole nitrogens is 1. The van der Waals surface area contributed by atoms with E-state index in [0.29, 0.717) is 13.1 Å². The van der Waals surface area contributed by atoms with Crippen molar-refractivity contribution in [3.05, 3.63) is 33.9 Å². The summed E-state index contributed by atoms with van der Waals surface area (Å²) in [5.41, 5.74) is -1.04. The quantitative estimate of drug-likeness (QED) is 0.534. The molecule has 9 heteroatoms. The lowest BCUT2D eigenvalue weighted by molar-refractivity contribution is 0.0695. The molecule has 0 aliphatic carbocycles. The van der Waals surface area contributed by atoms with Crippen molar-refractivity contribution in [3.63, 3.8) is 0 Å². The fourth-order valence-corrected chi connectivity index (χ4v) is 3.16. The summed E-state index contributed by atoms with van der Waals surface area (Å²) < 4.78 is 14.5. The van der Waals surface area contributed by atoms with Gasteiger partial charge < -0.3 is 25.4 Å². The number of pyridine rings is 2. The van der Waals surface area contributed by atoms with Gasteiger partial charge in [-0.3, -0.25) is 4.79 Å². The smallest absolute Gasteiger partial charge is 0.341 e. The Bertz CT molecular complexity index is 870. The number of nitrogens with zero attached hydrogens (tertiary/aromatic N) is 2. The Morgan fingerprint density at radius 1 is 1.46 bits per heavy atom. The molecule has 0 aromatic carbocycles. The van der Waals surface area contributed by atoms with Crippen molar-refractivity contribution < 1.29 is 19.4 Å². The van der Waals surface area contributed by atoms with Crippen molar-refractivity contribution in [2.75, 3.05) is 31.1 Å². The summed E-state index contributed by atoms with van der Waals surface area (Å²) >= 11 is 0. The number of nitrogens with one attached hydrogen (secondary N) is 2. The van der Waals surface area contributed by atoms with Gasteiger partial charge in [-0.15, -0.1) is 0 Å². The molecule has 1 fully saturated rings. The summed E-state index contributed by atoms with van der Waals surface area (Å²) in [6, 6.07) is 1.25. The normalized spacial score (nSPS) is 17.2. The zero-order chi connectivity index (χ0) is 18.7. The van der Waals surface area contributed by atoms with Crippen molar-refractivity contribution in [1.82, 2.24) is 15.3 Å². The molecule has 2 aromatic rings. The van der Waals surface area contributed by atoms with Crippen LogP contribution < -0.4 is 15.6 Å². The number of fused-ring (bicyclic) bond motifs is 1. The number of aromatic carboxylic acids is 1. The highest BCUT2D eigenvalue weighted by atomic mass is 19.1. The van der Waals surface area contributed by atoms with Gasteiger partial charge in [-0.2, -0.15) is 0 Å². The Hall–Kier alpha value is -2.52. The molecule has 0 spiro atoms. The third kappa shape index (κ3) is 3.68. The molecular formula is C17H21FN4O4. The Labute approximate surface area is 148 Å². The van der Waals surface area contributed by atoms with E-state index < -0.39 is 22.8 Å². The predicted molar refractivity (Wildman–Crippen MR) is 94.2 cm³/mol. The number of aromatic nitrogens is 2. The molecule has 1 saturated heterocycles. The van der Waals surface area contributed by atoms with E-state index in [0.717, 1.165) is 38.1 Å². The maximum Gasteiger partial charge on any atom is 0.341 e. The minimum Gasteiger partial charge on any atom is -0.477 e. The van der Waals surface area contributed by atoms with Crippen molar-refractivity contribution in [1.29, 1.82) is 0 Å². The molecule has 8 nitrogen and oxygen atoms in total. The van der Waals surface area contributed by atoms with Crippen LogP contribution in [0.2, 0.25) is 0 Å². The molecule has 1 aliphatic rings. The molecule has 0 amide bonds. The number of aliphatic hydroxyl groups is 1. The first-order valence-electron chi connectivity index (χ1n) is 8.55. The molecule has 4 N–H and O–H groups in total. The third-order valence-corrected chi connectivity index (χ3v) is 4.54. The monoisotopic (exact) mass is 364 g/mol. The number of hydrogen-bond donors (Lipinski definition) is 4. The van der Waals surface area contributed by atoms with Crippen molar-refractivity contribution in [2.24, 2.45) is 0 Å². The van der Waals surface area contributed by atoms with Gasteiger partial charge in [0.25, 0.3) is 0 Å². The number of halogens is 1. The third-order valence-electron chi connectivity index (χ3n) is 4.54. The molecule has 1 unspecified atom stereocenters. The molecule has 1 aliphatic heterocycles. The van der Waals surface area contributed by atoms with E-state index in [1.54, 1.807) is 0 Å². The topological polar surface area (TPSA) is 119 Å². The maximum absolute atomic E-state index is 14.5. The number of aliphatic hydroxyl groups excluding tert-OH is 1. The first kappa shape index (κ1) is 18.3. The molecule has 3 rings (SSSR count). The van der Waals surface area contributed by atoms with Gasteiger partial charge in [-0.25, -0.2) is 14.2 Å². The highest BCUT2D eigenvalue weighted by Gasteiger charge is 2.26. The Morgan fingerprint density at radius 2 is 2.27 bits per heavy atom. The number of aromatic amines is 1. The van der Waals surface area contributed by atoms with Gasteiger partial charge in [0.15, 0.2) is 11.6 Å². The lowest BCUT2D eigenvalue weighted by Gasteiger charge is -2.19. The van der Waals surface area contributed by atoms with E-state index in [1.165, 1.54) is 0 Å². The average Bonchev–Trinajstić information content (AvgIpc) is 3.07. The fourth-order valence-electron chi connectivity index (χ4n) is 3.16. The Kier molecular flexibility index (Phi) is 5.48. The molecular weight excluding hydrogens is 343 g/mol. The van der Waals surface area contributed by atoms with Crippen LogP contribution in [0.15, 0.2) is 17.1 Å². The van der Waals surface area contributed by atoms with Crippen LogP contribution in [-0.4, -0.2) is 58.4 Å². The Balaban J connectivity index is 1.79. The SMILES string of the molecule is O=C(O)c1c[nH]c2nc(N3CCC(NCCCCO)C3)c(F)cc2c1=O. The van der Waals surface area contributed by atoms with Crippen LogP contribution in [0.3, 0.4) is 0 Å². The number of carboxylic acid groups (broad SMARTS) is 1. The summed E-state index contributed by atoms with van der Waals surface area (Å²) in [5.74, 6) is -1.87. The molecule has 1 atom stereocenters. The molecule has 0 saturated carbocycles. The van der Waals surface area contributed by atoms with E-state index in [2.05, 4.69) is 15.3 Å². The van der Waals surface area contributed by atoms with E-state index in [-0.39, 0.29) is 29.5 Å². The van der Waals surface area contributed by atoms with Gasteiger partial charge >= 0.3 is 5.97 Å². The van der Waals surface area contributed by atoms with Crippen LogP contribution in [0.5, 0.6) is 0 Å². The lowest BCUT2D eigenvalue weighted by atomic mass is 10.2. The molecule has 0 radical (unpaired) electrons. The fraction of sp³-hybridized carbons (Fsp3) is 0.471. The predicted octanol–water partition coefficient (Wildman–Crippen LogP) is 0.701. The van der Waals surface area contributed by atoms with Gasteiger partial charge in [-0.1, -0.05) is 0 Å². The number of rotatable bonds is 7. The molecule has 140 valence electrons. The first-order valence-corrected chi connectivity index (χ1v) is 8.55. The molecule has 26 heavy (non-hydrogen) atoms. The van der Waals surface area contributed by atoms with E-state index in [9.17, 15) is 14.0 Å². The second-order valence-corrected chi connectivity index (χ2v) is 6.34. The van der Waals surface area contributed by atoms with Gasteiger partial charge in [0.2, 0.25) is 5.43 Å². The summed E-state index contributed by atoms with van der Waals surface area (Å²) in [7, 11) is 0. The van der Waals surface area contributed by atoms with Crippen molar-refractivity contribution >= 4 is 22.8 Å². The zero-order valence-electron chi connectivity index (χ0n) is 14.2. The highest BCUT2D eigenvalue weighted by molar-refractivity contribution is 5.91. The summed E-state index contributed by atoms with van der Waals surface area (Å²) in [6.07, 6.45) is 3.54. The van der Waals surface area contributed by atoms with E-state index >= 15 is 0 Å². The number of carboxylic acids is 1. The molecule has 3 heterocycles. The van der Waals surface area contributed by atoms with Crippen LogP contribution in [0.1, 0.15) is 29.6 Å². The van der Waals surface area contributed by atoms with Crippen LogP contribution in [-0.2, 0) is 0 Å². The second-order valence-electron chi connectivity index (χ2n) is 6.34. The van der Waals surface area contributed by atoms with Gasteiger partial charge in [0, 0.05) is 31.9 Å². The summed E-state index contributed by atoms with van der Waals surface area (Å²) in [4.78, 5) is 31.8. The standard InChI is InChI=1S/C17H21FN4O4/c18-13-7-11-14(24)12(17(25)26)8-20-15(11)21-16(13)22-5-3-10(9-22)19-4-1-2-6-23/h7-8,10,19,23H,1-6,9H2,(H,25,26)(H,20,21,24).